The second-order valence-electron chi connectivity index (χ2n) is 4.86. The van der Waals surface area contributed by atoms with Crippen LogP contribution in [-0.4, -0.2) is 30.5 Å². The summed E-state index contributed by atoms with van der Waals surface area (Å²) in [6.45, 7) is 1.85. The zero-order valence-corrected chi connectivity index (χ0v) is 13.1. The Hall–Kier alpha value is -2.41. The molecule has 0 fully saturated rings. The van der Waals surface area contributed by atoms with Crippen molar-refractivity contribution in [3.05, 3.63) is 23.6 Å². The van der Waals surface area contributed by atoms with Crippen LogP contribution in [0.3, 0.4) is 0 Å². The molecule has 0 saturated heterocycles. The Morgan fingerprint density at radius 1 is 1.50 bits per heavy atom. The lowest BCUT2D eigenvalue weighted by Gasteiger charge is -2.26. The second kappa shape index (κ2) is 5.76. The predicted octanol–water partition coefficient (Wildman–Crippen LogP) is 2.51. The SMILES string of the molecule is CCC(=O)Nc1nc(-c2ccc3c(c2)N(C)C(=O)CO3)cs1. The van der Waals surface area contributed by atoms with Gasteiger partial charge in [-0.25, -0.2) is 4.98 Å². The molecule has 6 nitrogen and oxygen atoms in total. The van der Waals surface area contributed by atoms with E-state index in [1.165, 1.54) is 11.3 Å². The number of carbonyl (C=O) groups excluding carboxylic acids is 2. The number of aromatic nitrogens is 1. The summed E-state index contributed by atoms with van der Waals surface area (Å²) in [5.41, 5.74) is 2.35. The van der Waals surface area contributed by atoms with Gasteiger partial charge in [0.25, 0.3) is 5.91 Å². The number of carbonyl (C=O) groups is 2. The van der Waals surface area contributed by atoms with Gasteiger partial charge in [-0.3, -0.25) is 9.59 Å². The van der Waals surface area contributed by atoms with Crippen molar-refractivity contribution in [1.29, 1.82) is 0 Å². The summed E-state index contributed by atoms with van der Waals surface area (Å²) < 4.78 is 5.40. The minimum atomic E-state index is -0.0844. The van der Waals surface area contributed by atoms with Crippen LogP contribution in [0.2, 0.25) is 0 Å². The highest BCUT2D eigenvalue weighted by Crippen LogP contribution is 2.36. The number of benzene rings is 1. The maximum Gasteiger partial charge on any atom is 0.264 e. The Morgan fingerprint density at radius 2 is 2.32 bits per heavy atom. The molecule has 1 aliphatic rings. The van der Waals surface area contributed by atoms with Gasteiger partial charge in [-0.2, -0.15) is 0 Å². The quantitative estimate of drug-likeness (QED) is 0.944. The van der Waals surface area contributed by atoms with E-state index in [1.54, 1.807) is 18.9 Å². The molecule has 1 aromatic carbocycles. The molecule has 3 rings (SSSR count). The number of thiazole rings is 1. The van der Waals surface area contributed by atoms with Gasteiger partial charge in [0.2, 0.25) is 5.91 Å². The van der Waals surface area contributed by atoms with Crippen LogP contribution >= 0.6 is 11.3 Å². The van der Waals surface area contributed by atoms with Gasteiger partial charge < -0.3 is 15.0 Å². The first-order chi connectivity index (χ1) is 10.6. The van der Waals surface area contributed by atoms with E-state index >= 15 is 0 Å². The molecule has 0 atom stereocenters. The summed E-state index contributed by atoms with van der Waals surface area (Å²) in [5, 5.41) is 5.18. The number of hydrogen-bond donors (Lipinski definition) is 1. The lowest BCUT2D eigenvalue weighted by molar-refractivity contribution is -0.121. The van der Waals surface area contributed by atoms with Crippen molar-refractivity contribution >= 4 is 34.0 Å². The average molecular weight is 317 g/mol. The molecule has 22 heavy (non-hydrogen) atoms. The van der Waals surface area contributed by atoms with Crippen molar-refractivity contribution in [2.75, 3.05) is 23.9 Å². The number of fused-ring (bicyclic) bond motifs is 1. The Labute approximate surface area is 131 Å². The highest BCUT2D eigenvalue weighted by Gasteiger charge is 2.22. The summed E-state index contributed by atoms with van der Waals surface area (Å²) in [5.74, 6) is 0.532. The number of likely N-dealkylation sites (N-methyl/N-ethyl adjacent to an activating group) is 1. The lowest BCUT2D eigenvalue weighted by atomic mass is 10.1. The van der Waals surface area contributed by atoms with E-state index in [9.17, 15) is 9.59 Å². The molecule has 2 amide bonds. The van der Waals surface area contributed by atoms with Crippen LogP contribution in [0, 0.1) is 0 Å². The molecule has 0 unspecified atom stereocenters. The molecule has 7 heteroatoms. The summed E-state index contributed by atoms with van der Waals surface area (Å²) in [7, 11) is 1.72. The smallest absolute Gasteiger partial charge is 0.264 e. The van der Waals surface area contributed by atoms with Gasteiger partial charge >= 0.3 is 0 Å². The summed E-state index contributed by atoms with van der Waals surface area (Å²) in [4.78, 5) is 29.1. The molecule has 114 valence electrons. The van der Waals surface area contributed by atoms with Crippen molar-refractivity contribution in [2.24, 2.45) is 0 Å². The Morgan fingerprint density at radius 3 is 3.09 bits per heavy atom. The fourth-order valence-corrected chi connectivity index (χ4v) is 2.84. The standard InChI is InChI=1S/C15H15N3O3S/c1-3-13(19)17-15-16-10(8-22-15)9-4-5-12-11(6-9)18(2)14(20)7-21-12/h4-6,8H,3,7H2,1-2H3,(H,16,17,19). The molecular weight excluding hydrogens is 302 g/mol. The third-order valence-corrected chi connectivity index (χ3v) is 4.17. The van der Waals surface area contributed by atoms with Crippen molar-refractivity contribution < 1.29 is 14.3 Å². The van der Waals surface area contributed by atoms with Gasteiger partial charge in [-0.15, -0.1) is 11.3 Å². The van der Waals surface area contributed by atoms with E-state index in [1.807, 2.05) is 23.6 Å². The van der Waals surface area contributed by atoms with E-state index in [0.29, 0.717) is 17.3 Å². The van der Waals surface area contributed by atoms with Crippen LogP contribution < -0.4 is 15.0 Å². The maximum absolute atomic E-state index is 11.7. The van der Waals surface area contributed by atoms with Crippen LogP contribution in [0.1, 0.15) is 13.3 Å². The van der Waals surface area contributed by atoms with Crippen molar-refractivity contribution in [3.8, 4) is 17.0 Å². The molecule has 0 radical (unpaired) electrons. The normalized spacial score (nSPS) is 13.5. The first-order valence-electron chi connectivity index (χ1n) is 6.87. The molecule has 2 aromatic rings. The number of anilines is 2. The van der Waals surface area contributed by atoms with Gasteiger partial charge in [0, 0.05) is 24.4 Å². The van der Waals surface area contributed by atoms with Crippen LogP contribution in [0.5, 0.6) is 5.75 Å². The lowest BCUT2D eigenvalue weighted by Crippen LogP contribution is -2.35. The monoisotopic (exact) mass is 317 g/mol. The Bertz CT molecular complexity index is 741. The highest BCUT2D eigenvalue weighted by atomic mass is 32.1. The minimum absolute atomic E-state index is 0.0622. The largest absolute Gasteiger partial charge is 0.482 e. The number of nitrogens with zero attached hydrogens (tertiary/aromatic N) is 2. The van der Waals surface area contributed by atoms with Gasteiger partial charge in [-0.05, 0) is 18.2 Å². The third-order valence-electron chi connectivity index (χ3n) is 3.41. The predicted molar refractivity (Wildman–Crippen MR) is 85.4 cm³/mol. The van der Waals surface area contributed by atoms with E-state index in [-0.39, 0.29) is 18.4 Å². The number of hydrogen-bond acceptors (Lipinski definition) is 5. The maximum atomic E-state index is 11.7. The number of rotatable bonds is 3. The highest BCUT2D eigenvalue weighted by molar-refractivity contribution is 7.14. The van der Waals surface area contributed by atoms with Crippen molar-refractivity contribution in [1.82, 2.24) is 4.98 Å². The van der Waals surface area contributed by atoms with E-state index < -0.39 is 0 Å². The molecule has 2 heterocycles. The minimum Gasteiger partial charge on any atom is -0.482 e. The molecule has 1 N–H and O–H groups in total. The summed E-state index contributed by atoms with van der Waals surface area (Å²) >= 11 is 1.37. The summed E-state index contributed by atoms with van der Waals surface area (Å²) in [6.07, 6.45) is 0.415. The molecule has 0 saturated carbocycles. The fraction of sp³-hybridized carbons (Fsp3) is 0.267. The molecule has 0 spiro atoms. The molecular formula is C15H15N3O3S. The number of amides is 2. The van der Waals surface area contributed by atoms with Gasteiger partial charge in [0.15, 0.2) is 11.7 Å². The van der Waals surface area contributed by atoms with Gasteiger partial charge in [0.05, 0.1) is 11.4 Å². The van der Waals surface area contributed by atoms with Crippen LogP contribution in [0.25, 0.3) is 11.3 Å². The third kappa shape index (κ3) is 2.67. The van der Waals surface area contributed by atoms with Gasteiger partial charge in [0.1, 0.15) is 5.75 Å². The van der Waals surface area contributed by atoms with Crippen LogP contribution in [0.4, 0.5) is 10.8 Å². The number of nitrogens with one attached hydrogen (secondary N) is 1. The summed E-state index contributed by atoms with van der Waals surface area (Å²) in [6, 6.07) is 5.59. The molecule has 1 aliphatic heterocycles. The van der Waals surface area contributed by atoms with E-state index in [0.717, 1.165) is 16.9 Å². The Balaban J connectivity index is 1.90. The van der Waals surface area contributed by atoms with Crippen molar-refractivity contribution in [3.63, 3.8) is 0 Å². The van der Waals surface area contributed by atoms with E-state index in [2.05, 4.69) is 10.3 Å². The molecule has 0 aliphatic carbocycles. The van der Waals surface area contributed by atoms with Gasteiger partial charge in [-0.1, -0.05) is 6.92 Å². The molecule has 1 aromatic heterocycles. The fourth-order valence-electron chi connectivity index (χ4n) is 2.10. The Kier molecular flexibility index (Phi) is 3.81. The number of ether oxygens (including phenoxy) is 1. The first-order valence-corrected chi connectivity index (χ1v) is 7.75. The van der Waals surface area contributed by atoms with Crippen molar-refractivity contribution in [2.45, 2.75) is 13.3 Å². The average Bonchev–Trinajstić information content (AvgIpc) is 2.99. The van der Waals surface area contributed by atoms with Crippen LogP contribution in [-0.2, 0) is 9.59 Å². The first kappa shape index (κ1) is 14.5. The molecule has 0 bridgehead atoms. The van der Waals surface area contributed by atoms with E-state index in [4.69, 9.17) is 4.74 Å². The van der Waals surface area contributed by atoms with Crippen LogP contribution in [0.15, 0.2) is 23.6 Å². The zero-order chi connectivity index (χ0) is 15.7. The second-order valence-corrected chi connectivity index (χ2v) is 5.72. The zero-order valence-electron chi connectivity index (χ0n) is 12.3. The topological polar surface area (TPSA) is 71.5 Å².